The maximum absolute atomic E-state index is 13.1. The van der Waals surface area contributed by atoms with Gasteiger partial charge in [-0.25, -0.2) is 9.18 Å². The Morgan fingerprint density at radius 1 is 1.07 bits per heavy atom. The fourth-order valence-corrected chi connectivity index (χ4v) is 3.11. The second-order valence-electron chi connectivity index (χ2n) is 6.49. The lowest BCUT2D eigenvalue weighted by Gasteiger charge is -2.08. The normalized spacial score (nSPS) is 11.0. The quantitative estimate of drug-likeness (QED) is 0.558. The van der Waals surface area contributed by atoms with Gasteiger partial charge in [0.15, 0.2) is 0 Å². The summed E-state index contributed by atoms with van der Waals surface area (Å²) >= 11 is 0. The molecule has 0 aliphatic heterocycles. The summed E-state index contributed by atoms with van der Waals surface area (Å²) in [5.41, 5.74) is 2.15. The molecule has 0 aliphatic rings. The van der Waals surface area contributed by atoms with E-state index in [9.17, 15) is 14.0 Å². The summed E-state index contributed by atoms with van der Waals surface area (Å²) in [4.78, 5) is 30.8. The van der Waals surface area contributed by atoms with Crippen LogP contribution in [0.3, 0.4) is 0 Å². The van der Waals surface area contributed by atoms with Gasteiger partial charge < -0.3 is 9.15 Å². The van der Waals surface area contributed by atoms with Crippen molar-refractivity contribution in [2.24, 2.45) is 0 Å². The van der Waals surface area contributed by atoms with Gasteiger partial charge in [-0.3, -0.25) is 9.78 Å². The number of fused-ring (bicyclic) bond motifs is 1. The third-order valence-corrected chi connectivity index (χ3v) is 4.54. The van der Waals surface area contributed by atoms with Crippen molar-refractivity contribution in [1.82, 2.24) is 9.97 Å². The molecule has 0 bridgehead atoms. The van der Waals surface area contributed by atoms with Gasteiger partial charge >= 0.3 is 5.63 Å². The zero-order valence-corrected chi connectivity index (χ0v) is 15.6. The highest BCUT2D eigenvalue weighted by molar-refractivity contribution is 5.75. The lowest BCUT2D eigenvalue weighted by atomic mass is 10.0. The summed E-state index contributed by atoms with van der Waals surface area (Å²) in [6, 6.07) is 15.0. The molecule has 2 aromatic heterocycles. The number of ether oxygens (including phenoxy) is 1. The highest BCUT2D eigenvalue weighted by Gasteiger charge is 2.12. The molecule has 0 aliphatic carbocycles. The van der Waals surface area contributed by atoms with E-state index >= 15 is 0 Å². The van der Waals surface area contributed by atoms with Crippen LogP contribution in [-0.2, 0) is 13.0 Å². The van der Waals surface area contributed by atoms with Crippen LogP contribution >= 0.6 is 0 Å². The Balaban J connectivity index is 1.60. The monoisotopic (exact) mass is 392 g/mol. The average Bonchev–Trinajstić information content (AvgIpc) is 2.72. The largest absolute Gasteiger partial charge is 0.460 e. The zero-order chi connectivity index (χ0) is 20.4. The molecule has 146 valence electrons. The average molecular weight is 392 g/mol. The van der Waals surface area contributed by atoms with E-state index in [-0.39, 0.29) is 29.5 Å². The minimum absolute atomic E-state index is 0.0360. The van der Waals surface area contributed by atoms with Gasteiger partial charge in [-0.15, -0.1) is 0 Å². The van der Waals surface area contributed by atoms with E-state index in [1.54, 1.807) is 12.1 Å². The number of hydrogen-bond donors (Lipinski definition) is 1. The molecular formula is C22H17FN2O4. The molecule has 4 rings (SSSR count). The van der Waals surface area contributed by atoms with Crippen molar-refractivity contribution in [1.29, 1.82) is 0 Å². The fourth-order valence-electron chi connectivity index (χ4n) is 3.11. The molecule has 4 aromatic rings. The summed E-state index contributed by atoms with van der Waals surface area (Å²) in [5, 5.41) is 0.248. The van der Waals surface area contributed by atoms with E-state index in [1.165, 1.54) is 18.2 Å². The molecule has 0 spiro atoms. The van der Waals surface area contributed by atoms with Gasteiger partial charge in [0.05, 0.1) is 0 Å². The number of aromatic nitrogens is 2. The number of H-pyrrole nitrogens is 1. The zero-order valence-electron chi connectivity index (χ0n) is 15.6. The van der Waals surface area contributed by atoms with Crippen molar-refractivity contribution in [3.05, 3.63) is 92.3 Å². The second-order valence-corrected chi connectivity index (χ2v) is 6.49. The van der Waals surface area contributed by atoms with Gasteiger partial charge in [-0.05, 0) is 46.9 Å². The highest BCUT2D eigenvalue weighted by atomic mass is 19.1. The first kappa shape index (κ1) is 18.6. The van der Waals surface area contributed by atoms with Gasteiger partial charge in [0.25, 0.3) is 11.6 Å². The first-order valence-electron chi connectivity index (χ1n) is 9.08. The molecule has 0 atom stereocenters. The molecule has 1 N–H and O–H groups in total. The molecule has 0 radical (unpaired) electrons. The van der Waals surface area contributed by atoms with Gasteiger partial charge in [0.1, 0.15) is 17.8 Å². The number of nitrogens with one attached hydrogen (secondary N) is 1. The molecule has 2 heterocycles. The molecule has 0 amide bonds. The molecule has 6 nitrogen and oxygen atoms in total. The van der Waals surface area contributed by atoms with Crippen LogP contribution in [-0.4, -0.2) is 9.97 Å². The Hall–Kier alpha value is -3.74. The van der Waals surface area contributed by atoms with Crippen molar-refractivity contribution in [2.75, 3.05) is 0 Å². The van der Waals surface area contributed by atoms with Crippen molar-refractivity contribution in [3.8, 4) is 17.1 Å². The number of aryl methyl sites for hydroxylation is 1. The van der Waals surface area contributed by atoms with Gasteiger partial charge in [0, 0.05) is 6.07 Å². The molecule has 0 fully saturated rings. The van der Waals surface area contributed by atoms with Crippen LogP contribution in [0.2, 0.25) is 0 Å². The lowest BCUT2D eigenvalue weighted by molar-refractivity contribution is 0.279. The SMILES string of the molecule is CCc1cc(=O)oc2nc(OCc3cccc(-c4ccc(F)cc4)c3)[nH]c(=O)c12. The number of rotatable bonds is 5. The third-order valence-electron chi connectivity index (χ3n) is 4.54. The van der Waals surface area contributed by atoms with Gasteiger partial charge in [-0.1, -0.05) is 37.3 Å². The topological polar surface area (TPSA) is 85.2 Å². The van der Waals surface area contributed by atoms with E-state index in [0.717, 1.165) is 16.7 Å². The molecule has 0 saturated carbocycles. The first-order valence-corrected chi connectivity index (χ1v) is 9.08. The number of halogens is 1. The maximum Gasteiger partial charge on any atom is 0.337 e. The number of aromatic amines is 1. The minimum atomic E-state index is -0.564. The summed E-state index contributed by atoms with van der Waals surface area (Å²) in [6.07, 6.45) is 0.503. The summed E-state index contributed by atoms with van der Waals surface area (Å²) < 4.78 is 23.8. The predicted molar refractivity (Wildman–Crippen MR) is 106 cm³/mol. The van der Waals surface area contributed by atoms with Crippen molar-refractivity contribution in [2.45, 2.75) is 20.0 Å². The van der Waals surface area contributed by atoms with E-state index < -0.39 is 11.2 Å². The third kappa shape index (κ3) is 3.94. The maximum atomic E-state index is 13.1. The van der Waals surface area contributed by atoms with E-state index in [2.05, 4.69) is 9.97 Å². The van der Waals surface area contributed by atoms with E-state index in [4.69, 9.17) is 9.15 Å². The standard InChI is InChI=1S/C22H17FN2O4/c1-2-14-11-18(26)29-21-19(14)20(27)24-22(25-21)28-12-13-4-3-5-16(10-13)15-6-8-17(23)9-7-15/h3-11H,2,12H2,1H3,(H,24,25,27). The van der Waals surface area contributed by atoms with Crippen LogP contribution < -0.4 is 15.9 Å². The van der Waals surface area contributed by atoms with Crippen molar-refractivity contribution < 1.29 is 13.5 Å². The number of hydrogen-bond acceptors (Lipinski definition) is 5. The van der Waals surface area contributed by atoms with Crippen molar-refractivity contribution in [3.63, 3.8) is 0 Å². The number of nitrogens with zero attached hydrogens (tertiary/aromatic N) is 1. The van der Waals surface area contributed by atoms with E-state index in [1.807, 2.05) is 31.2 Å². The highest BCUT2D eigenvalue weighted by Crippen LogP contribution is 2.21. The van der Waals surface area contributed by atoms with Crippen LogP contribution in [0.5, 0.6) is 6.01 Å². The molecule has 0 saturated heterocycles. The summed E-state index contributed by atoms with van der Waals surface area (Å²) in [5.74, 6) is -0.294. The first-order chi connectivity index (χ1) is 14.0. The van der Waals surface area contributed by atoms with Crippen LogP contribution in [0.25, 0.3) is 22.2 Å². The van der Waals surface area contributed by atoms with Crippen molar-refractivity contribution >= 4 is 11.1 Å². The Kier molecular flexibility index (Phi) is 4.95. The van der Waals surface area contributed by atoms with Crippen LogP contribution in [0, 0.1) is 5.82 Å². The molecule has 7 heteroatoms. The molecule has 0 unspecified atom stereocenters. The molecule has 29 heavy (non-hydrogen) atoms. The smallest absolute Gasteiger partial charge is 0.337 e. The number of benzene rings is 2. The van der Waals surface area contributed by atoms with Gasteiger partial charge in [-0.2, -0.15) is 4.98 Å². The predicted octanol–water partition coefficient (Wildman–Crippen LogP) is 3.82. The van der Waals surface area contributed by atoms with Gasteiger partial charge in [0.2, 0.25) is 5.71 Å². The molecule has 2 aromatic carbocycles. The summed E-state index contributed by atoms with van der Waals surface area (Å²) in [7, 11) is 0. The molecular weight excluding hydrogens is 375 g/mol. The van der Waals surface area contributed by atoms with E-state index in [0.29, 0.717) is 12.0 Å². The van der Waals surface area contributed by atoms with Crippen LogP contribution in [0.15, 0.2) is 68.6 Å². The fraction of sp³-hybridized carbons (Fsp3) is 0.136. The van der Waals surface area contributed by atoms with Crippen LogP contribution in [0.1, 0.15) is 18.1 Å². The Labute approximate surface area is 164 Å². The Bertz CT molecular complexity index is 1290. The lowest BCUT2D eigenvalue weighted by Crippen LogP contribution is -2.15. The second kappa shape index (κ2) is 7.71. The Morgan fingerprint density at radius 3 is 2.62 bits per heavy atom. The summed E-state index contributed by atoms with van der Waals surface area (Å²) in [6.45, 7) is 1.98. The Morgan fingerprint density at radius 2 is 1.86 bits per heavy atom. The van der Waals surface area contributed by atoms with Crippen LogP contribution in [0.4, 0.5) is 4.39 Å². The minimum Gasteiger partial charge on any atom is -0.460 e.